The third-order valence-corrected chi connectivity index (χ3v) is 4.03. The molecule has 0 N–H and O–H groups in total. The monoisotopic (exact) mass is 258 g/mol. The predicted octanol–water partition coefficient (Wildman–Crippen LogP) is 1.76. The van der Waals surface area contributed by atoms with Gasteiger partial charge < -0.3 is 4.74 Å². The molecule has 4 nitrogen and oxygen atoms in total. The van der Waals surface area contributed by atoms with Crippen molar-refractivity contribution in [1.29, 1.82) is 0 Å². The summed E-state index contributed by atoms with van der Waals surface area (Å²) in [6.07, 6.45) is 3.66. The molecule has 0 radical (unpaired) electrons. The number of morpholine rings is 1. The summed E-state index contributed by atoms with van der Waals surface area (Å²) in [5.41, 5.74) is 1.05. The summed E-state index contributed by atoms with van der Waals surface area (Å²) in [5, 5.41) is 0. The molecule has 0 aromatic heterocycles. The number of carbonyl (C=O) groups excluding carboxylic acids is 1. The van der Waals surface area contributed by atoms with Gasteiger partial charge in [-0.3, -0.25) is 4.90 Å². The van der Waals surface area contributed by atoms with Gasteiger partial charge in [0.05, 0.1) is 12.7 Å². The van der Waals surface area contributed by atoms with Gasteiger partial charge >= 0.3 is 0 Å². The predicted molar refractivity (Wildman–Crippen MR) is 71.5 cm³/mol. The molecule has 1 heterocycles. The third kappa shape index (κ3) is 2.76. The van der Waals surface area contributed by atoms with Crippen molar-refractivity contribution in [3.63, 3.8) is 0 Å². The Balaban J connectivity index is 1.64. The van der Waals surface area contributed by atoms with Gasteiger partial charge in [-0.05, 0) is 18.4 Å². The second-order valence-electron chi connectivity index (χ2n) is 5.39. The van der Waals surface area contributed by atoms with Crippen molar-refractivity contribution < 1.29 is 9.53 Å². The average molecular weight is 258 g/mol. The fourth-order valence-electron chi connectivity index (χ4n) is 2.74. The van der Waals surface area contributed by atoms with E-state index in [-0.39, 0.29) is 11.6 Å². The number of nitrogens with zero attached hydrogens (tertiary/aromatic N) is 2. The zero-order valence-corrected chi connectivity index (χ0v) is 10.9. The molecular formula is C15H18N2O2. The summed E-state index contributed by atoms with van der Waals surface area (Å²) in [4.78, 5) is 16.9. The Bertz CT molecular complexity index is 478. The smallest absolute Gasteiger partial charge is 0.235 e. The highest BCUT2D eigenvalue weighted by atomic mass is 16.5. The summed E-state index contributed by atoms with van der Waals surface area (Å²) >= 11 is 0. The van der Waals surface area contributed by atoms with Crippen molar-refractivity contribution >= 4 is 6.08 Å². The van der Waals surface area contributed by atoms with Crippen molar-refractivity contribution in [3.8, 4) is 0 Å². The quantitative estimate of drug-likeness (QED) is 0.610. The van der Waals surface area contributed by atoms with Crippen LogP contribution in [0.1, 0.15) is 18.4 Å². The van der Waals surface area contributed by atoms with E-state index < -0.39 is 0 Å². The molecule has 1 aliphatic heterocycles. The number of hydrogen-bond acceptors (Lipinski definition) is 4. The first-order chi connectivity index (χ1) is 9.32. The van der Waals surface area contributed by atoms with Crippen molar-refractivity contribution in [3.05, 3.63) is 35.9 Å². The van der Waals surface area contributed by atoms with Crippen LogP contribution in [0, 0.1) is 0 Å². The van der Waals surface area contributed by atoms with Crippen LogP contribution >= 0.6 is 0 Å². The highest BCUT2D eigenvalue weighted by Crippen LogP contribution is 2.44. The van der Waals surface area contributed by atoms with Gasteiger partial charge in [0.2, 0.25) is 6.08 Å². The van der Waals surface area contributed by atoms with E-state index in [2.05, 4.69) is 34.2 Å². The van der Waals surface area contributed by atoms with E-state index in [1.54, 1.807) is 6.08 Å². The summed E-state index contributed by atoms with van der Waals surface area (Å²) in [5.74, 6) is 0. The summed E-state index contributed by atoms with van der Waals surface area (Å²) in [6, 6.07) is 10.4. The van der Waals surface area contributed by atoms with E-state index >= 15 is 0 Å². The second-order valence-corrected chi connectivity index (χ2v) is 5.39. The van der Waals surface area contributed by atoms with Gasteiger partial charge in [0, 0.05) is 19.6 Å². The van der Waals surface area contributed by atoms with Gasteiger partial charge in [0.1, 0.15) is 5.54 Å². The van der Waals surface area contributed by atoms with E-state index in [9.17, 15) is 4.79 Å². The van der Waals surface area contributed by atoms with Crippen LogP contribution in [-0.2, 0) is 16.1 Å². The lowest BCUT2D eigenvalue weighted by Crippen LogP contribution is -2.47. The van der Waals surface area contributed by atoms with E-state index in [1.807, 2.05) is 6.07 Å². The molecule has 3 rings (SSSR count). The van der Waals surface area contributed by atoms with Crippen LogP contribution in [0.2, 0.25) is 0 Å². The molecule has 2 aliphatic rings. The molecular weight excluding hydrogens is 240 g/mol. The Kier molecular flexibility index (Phi) is 3.47. The Morgan fingerprint density at radius 1 is 1.37 bits per heavy atom. The van der Waals surface area contributed by atoms with Gasteiger partial charge in [-0.2, -0.15) is 4.99 Å². The minimum Gasteiger partial charge on any atom is -0.373 e. The fourth-order valence-corrected chi connectivity index (χ4v) is 2.74. The highest BCUT2D eigenvalue weighted by Gasteiger charge is 2.52. The number of isocyanates is 1. The SMILES string of the molecule is O=C=NC1(C2CN(Cc3ccccc3)CCO2)CC1. The first-order valence-corrected chi connectivity index (χ1v) is 6.79. The van der Waals surface area contributed by atoms with E-state index in [1.165, 1.54) is 5.56 Å². The molecule has 1 aromatic carbocycles. The molecule has 1 aromatic rings. The molecule has 0 amide bonds. The molecule has 1 aliphatic carbocycles. The number of aliphatic imine (C=N–C) groups is 1. The maximum atomic E-state index is 10.5. The largest absolute Gasteiger partial charge is 0.373 e. The van der Waals surface area contributed by atoms with Gasteiger partial charge in [-0.1, -0.05) is 30.3 Å². The molecule has 0 spiro atoms. The van der Waals surface area contributed by atoms with Crippen molar-refractivity contribution in [2.45, 2.75) is 31.0 Å². The van der Waals surface area contributed by atoms with E-state index in [0.29, 0.717) is 6.61 Å². The molecule has 4 heteroatoms. The minimum atomic E-state index is -0.267. The van der Waals surface area contributed by atoms with Crippen LogP contribution in [0.5, 0.6) is 0 Å². The maximum absolute atomic E-state index is 10.5. The molecule has 1 atom stereocenters. The van der Waals surface area contributed by atoms with Crippen LogP contribution in [0.15, 0.2) is 35.3 Å². The summed E-state index contributed by atoms with van der Waals surface area (Å²) in [7, 11) is 0. The topological polar surface area (TPSA) is 41.9 Å². The van der Waals surface area contributed by atoms with Crippen LogP contribution in [0.25, 0.3) is 0 Å². The molecule has 2 fully saturated rings. The lowest BCUT2D eigenvalue weighted by Gasteiger charge is -2.35. The van der Waals surface area contributed by atoms with E-state index in [0.717, 1.165) is 32.5 Å². The molecule has 19 heavy (non-hydrogen) atoms. The van der Waals surface area contributed by atoms with Crippen molar-refractivity contribution in [2.24, 2.45) is 4.99 Å². The third-order valence-electron chi connectivity index (χ3n) is 4.03. The van der Waals surface area contributed by atoms with Gasteiger partial charge in [-0.15, -0.1) is 0 Å². The zero-order chi connectivity index (χ0) is 13.1. The Morgan fingerprint density at radius 3 is 2.84 bits per heavy atom. The first-order valence-electron chi connectivity index (χ1n) is 6.79. The molecule has 1 saturated heterocycles. The number of benzene rings is 1. The lowest BCUT2D eigenvalue weighted by atomic mass is 10.1. The Hall–Kier alpha value is -1.48. The number of hydrogen-bond donors (Lipinski definition) is 0. The van der Waals surface area contributed by atoms with Gasteiger partial charge in [0.15, 0.2) is 0 Å². The van der Waals surface area contributed by atoms with Crippen LogP contribution in [-0.4, -0.2) is 42.3 Å². The normalized spacial score (nSPS) is 25.6. The molecule has 1 saturated carbocycles. The molecule has 1 unspecified atom stereocenters. The first kappa shape index (κ1) is 12.5. The zero-order valence-electron chi connectivity index (χ0n) is 10.9. The molecule has 0 bridgehead atoms. The van der Waals surface area contributed by atoms with Gasteiger partial charge in [-0.25, -0.2) is 4.79 Å². The highest BCUT2D eigenvalue weighted by molar-refractivity contribution is 5.37. The summed E-state index contributed by atoms with van der Waals surface area (Å²) in [6.45, 7) is 3.43. The standard InChI is InChI=1S/C15H18N2O2/c18-12-16-15(6-7-15)14-11-17(8-9-19-14)10-13-4-2-1-3-5-13/h1-5,14H,6-11H2. The van der Waals surface area contributed by atoms with Crippen molar-refractivity contribution in [1.82, 2.24) is 4.90 Å². The average Bonchev–Trinajstić information content (AvgIpc) is 3.22. The van der Waals surface area contributed by atoms with E-state index in [4.69, 9.17) is 4.74 Å². The summed E-state index contributed by atoms with van der Waals surface area (Å²) < 4.78 is 5.81. The van der Waals surface area contributed by atoms with Crippen LogP contribution in [0.3, 0.4) is 0 Å². The Morgan fingerprint density at radius 2 is 2.16 bits per heavy atom. The van der Waals surface area contributed by atoms with Crippen molar-refractivity contribution in [2.75, 3.05) is 19.7 Å². The molecule has 100 valence electrons. The fraction of sp³-hybridized carbons (Fsp3) is 0.533. The van der Waals surface area contributed by atoms with Crippen LogP contribution < -0.4 is 0 Å². The number of rotatable bonds is 4. The lowest BCUT2D eigenvalue weighted by molar-refractivity contribution is -0.0478. The van der Waals surface area contributed by atoms with Gasteiger partial charge in [0.25, 0.3) is 0 Å². The van der Waals surface area contributed by atoms with Crippen LogP contribution in [0.4, 0.5) is 0 Å². The Labute approximate surface area is 113 Å². The maximum Gasteiger partial charge on any atom is 0.235 e. The number of ether oxygens (including phenoxy) is 1. The minimum absolute atomic E-state index is 0.0476. The second kappa shape index (κ2) is 5.25.